The molecule has 0 aliphatic carbocycles. The van der Waals surface area contributed by atoms with E-state index in [1.807, 2.05) is 12.1 Å². The van der Waals surface area contributed by atoms with E-state index in [4.69, 9.17) is 23.2 Å². The van der Waals surface area contributed by atoms with Crippen LogP contribution in [0.25, 0.3) is 0 Å². The third-order valence-electron chi connectivity index (χ3n) is 2.32. The summed E-state index contributed by atoms with van der Waals surface area (Å²) in [6.07, 6.45) is 0.422. The van der Waals surface area contributed by atoms with Gasteiger partial charge in [-0.25, -0.2) is 0 Å². The highest BCUT2D eigenvalue weighted by atomic mass is 35.5. The van der Waals surface area contributed by atoms with Crippen LogP contribution in [0.3, 0.4) is 0 Å². The van der Waals surface area contributed by atoms with E-state index < -0.39 is 0 Å². The van der Waals surface area contributed by atoms with Gasteiger partial charge in [0.1, 0.15) is 0 Å². The molecule has 0 unspecified atom stereocenters. The van der Waals surface area contributed by atoms with Crippen LogP contribution in [-0.4, -0.2) is 16.1 Å². The monoisotopic (exact) mass is 347 g/mol. The summed E-state index contributed by atoms with van der Waals surface area (Å²) in [4.78, 5) is 11.2. The molecule has 1 heterocycles. The molecule has 0 aliphatic rings. The number of amides is 1. The van der Waals surface area contributed by atoms with Gasteiger partial charge in [0.05, 0.1) is 10.0 Å². The maximum atomic E-state index is 11.2. The van der Waals surface area contributed by atoms with Crippen LogP contribution >= 0.6 is 46.3 Å². The Balaban J connectivity index is 1.93. The maximum Gasteiger partial charge on any atom is 0.225 e. The number of hydrogen-bond donors (Lipinski definition) is 1. The van der Waals surface area contributed by atoms with Gasteiger partial charge in [-0.15, -0.1) is 10.2 Å². The minimum atomic E-state index is -0.0674. The van der Waals surface area contributed by atoms with Gasteiger partial charge in [-0.05, 0) is 17.7 Å². The van der Waals surface area contributed by atoms with E-state index in [0.29, 0.717) is 27.4 Å². The summed E-state index contributed by atoms with van der Waals surface area (Å²) < 4.78 is 0.794. The highest BCUT2D eigenvalue weighted by Gasteiger charge is 2.08. The van der Waals surface area contributed by atoms with Gasteiger partial charge >= 0.3 is 0 Å². The number of hydrogen-bond acceptors (Lipinski definition) is 5. The zero-order chi connectivity index (χ0) is 14.5. The lowest BCUT2D eigenvalue weighted by Gasteiger charge is -2.01. The Kier molecular flexibility index (Phi) is 5.65. The molecule has 2 aromatic rings. The summed E-state index contributed by atoms with van der Waals surface area (Å²) in [5.41, 5.74) is 1.05. The lowest BCUT2D eigenvalue weighted by atomic mass is 10.2. The number of anilines is 1. The molecule has 1 N–H and O–H groups in total. The van der Waals surface area contributed by atoms with Crippen molar-refractivity contribution < 1.29 is 4.79 Å². The number of nitrogens with one attached hydrogen (secondary N) is 1. The van der Waals surface area contributed by atoms with Crippen molar-refractivity contribution in [2.24, 2.45) is 0 Å². The lowest BCUT2D eigenvalue weighted by Crippen LogP contribution is -2.08. The van der Waals surface area contributed by atoms with Crippen LogP contribution in [0.4, 0.5) is 5.13 Å². The van der Waals surface area contributed by atoms with Crippen LogP contribution in [0.15, 0.2) is 22.5 Å². The fourth-order valence-electron chi connectivity index (χ4n) is 1.30. The molecule has 0 radical (unpaired) electrons. The fourth-order valence-corrected chi connectivity index (χ4v) is 3.33. The predicted octanol–water partition coefficient (Wildman–Crippen LogP) is 4.49. The van der Waals surface area contributed by atoms with E-state index in [2.05, 4.69) is 15.5 Å². The quantitative estimate of drug-likeness (QED) is 0.639. The molecular formula is C12H11Cl2N3OS2. The molecule has 0 aliphatic heterocycles. The van der Waals surface area contributed by atoms with Crippen molar-refractivity contribution in [3.63, 3.8) is 0 Å². The first kappa shape index (κ1) is 15.6. The van der Waals surface area contributed by atoms with Crippen LogP contribution in [0, 0.1) is 0 Å². The average molecular weight is 348 g/mol. The van der Waals surface area contributed by atoms with E-state index in [9.17, 15) is 4.79 Å². The Morgan fingerprint density at radius 3 is 2.85 bits per heavy atom. The molecule has 0 spiro atoms. The number of halogens is 2. The van der Waals surface area contributed by atoms with Crippen LogP contribution in [0.2, 0.25) is 10.0 Å². The first-order chi connectivity index (χ1) is 9.58. The first-order valence-corrected chi connectivity index (χ1v) is 8.34. The molecule has 20 heavy (non-hydrogen) atoms. The maximum absolute atomic E-state index is 11.2. The van der Waals surface area contributed by atoms with Gasteiger partial charge in [0.25, 0.3) is 0 Å². The van der Waals surface area contributed by atoms with Crippen molar-refractivity contribution in [2.45, 2.75) is 23.4 Å². The largest absolute Gasteiger partial charge is 0.301 e. The van der Waals surface area contributed by atoms with Gasteiger partial charge in [-0.3, -0.25) is 4.79 Å². The molecule has 8 heteroatoms. The second-order valence-electron chi connectivity index (χ2n) is 3.81. The smallest absolute Gasteiger partial charge is 0.225 e. The van der Waals surface area contributed by atoms with Gasteiger partial charge in [-0.1, -0.05) is 59.3 Å². The average Bonchev–Trinajstić information content (AvgIpc) is 2.87. The van der Waals surface area contributed by atoms with Crippen LogP contribution in [0.1, 0.15) is 18.9 Å². The molecule has 1 aromatic heterocycles. The van der Waals surface area contributed by atoms with E-state index in [-0.39, 0.29) is 5.91 Å². The standard InChI is InChI=1S/C12H11Cl2N3OS2/c1-2-10(18)15-11-16-17-12(20-11)19-6-7-3-4-8(13)9(14)5-7/h3-5H,2,6H2,1H3,(H,15,16,18). The van der Waals surface area contributed by atoms with Crippen LogP contribution < -0.4 is 5.32 Å². The summed E-state index contributed by atoms with van der Waals surface area (Å²) in [6.45, 7) is 1.79. The van der Waals surface area contributed by atoms with Crippen LogP contribution in [0.5, 0.6) is 0 Å². The molecule has 0 saturated carbocycles. The Labute approximate surface area is 134 Å². The zero-order valence-electron chi connectivity index (χ0n) is 10.5. The molecule has 0 fully saturated rings. The molecule has 1 amide bonds. The Bertz CT molecular complexity index is 618. The number of carbonyl (C=O) groups excluding carboxylic acids is 1. The van der Waals surface area contributed by atoms with Crippen molar-refractivity contribution in [2.75, 3.05) is 5.32 Å². The molecule has 1 aromatic carbocycles. The van der Waals surface area contributed by atoms with Gasteiger partial charge in [-0.2, -0.15) is 0 Å². The number of nitrogens with zero attached hydrogens (tertiary/aromatic N) is 2. The normalized spacial score (nSPS) is 10.6. The number of thioether (sulfide) groups is 1. The predicted molar refractivity (Wildman–Crippen MR) is 84.9 cm³/mol. The van der Waals surface area contributed by atoms with E-state index in [1.54, 1.807) is 13.0 Å². The third kappa shape index (κ3) is 4.34. The summed E-state index contributed by atoms with van der Waals surface area (Å²) >= 11 is 14.7. The fraction of sp³-hybridized carbons (Fsp3) is 0.250. The first-order valence-electron chi connectivity index (χ1n) is 5.78. The summed E-state index contributed by atoms with van der Waals surface area (Å²) in [5.74, 6) is 0.648. The van der Waals surface area contributed by atoms with Crippen molar-refractivity contribution in [1.29, 1.82) is 0 Å². The number of rotatable bonds is 5. The third-order valence-corrected chi connectivity index (χ3v) is 5.10. The van der Waals surface area contributed by atoms with Gasteiger partial charge in [0, 0.05) is 12.2 Å². The van der Waals surface area contributed by atoms with Gasteiger partial charge in [0.2, 0.25) is 11.0 Å². The molecule has 106 valence electrons. The Hall–Kier alpha value is -0.820. The molecule has 0 atom stereocenters. The van der Waals surface area contributed by atoms with Gasteiger partial charge < -0.3 is 5.32 Å². The van der Waals surface area contributed by atoms with Crippen molar-refractivity contribution in [3.05, 3.63) is 33.8 Å². The number of benzene rings is 1. The minimum absolute atomic E-state index is 0.0674. The lowest BCUT2D eigenvalue weighted by molar-refractivity contribution is -0.115. The summed E-state index contributed by atoms with van der Waals surface area (Å²) in [6, 6.07) is 5.52. The number of aromatic nitrogens is 2. The second kappa shape index (κ2) is 7.26. The second-order valence-corrected chi connectivity index (χ2v) is 6.83. The highest BCUT2D eigenvalue weighted by Crippen LogP contribution is 2.30. The summed E-state index contributed by atoms with van der Waals surface area (Å²) in [5, 5.41) is 12.2. The molecule has 0 bridgehead atoms. The van der Waals surface area contributed by atoms with Crippen molar-refractivity contribution in [3.8, 4) is 0 Å². The van der Waals surface area contributed by atoms with E-state index in [1.165, 1.54) is 23.1 Å². The van der Waals surface area contributed by atoms with E-state index >= 15 is 0 Å². The Morgan fingerprint density at radius 1 is 1.35 bits per heavy atom. The number of carbonyl (C=O) groups is 1. The molecular weight excluding hydrogens is 337 g/mol. The summed E-state index contributed by atoms with van der Waals surface area (Å²) in [7, 11) is 0. The Morgan fingerprint density at radius 2 is 2.15 bits per heavy atom. The minimum Gasteiger partial charge on any atom is -0.301 e. The zero-order valence-corrected chi connectivity index (χ0v) is 13.7. The SMILES string of the molecule is CCC(=O)Nc1nnc(SCc2ccc(Cl)c(Cl)c2)s1. The van der Waals surface area contributed by atoms with Crippen LogP contribution in [-0.2, 0) is 10.5 Å². The van der Waals surface area contributed by atoms with Crippen molar-refractivity contribution in [1.82, 2.24) is 10.2 Å². The van der Waals surface area contributed by atoms with Gasteiger partial charge in [0.15, 0.2) is 4.34 Å². The highest BCUT2D eigenvalue weighted by molar-refractivity contribution is 8.00. The van der Waals surface area contributed by atoms with E-state index in [0.717, 1.165) is 9.90 Å². The molecule has 0 saturated heterocycles. The topological polar surface area (TPSA) is 54.9 Å². The molecule has 2 rings (SSSR count). The van der Waals surface area contributed by atoms with Crippen molar-refractivity contribution >= 4 is 57.3 Å². The molecule has 4 nitrogen and oxygen atoms in total.